The summed E-state index contributed by atoms with van der Waals surface area (Å²) in [5, 5.41) is 3.31. The molecule has 0 aliphatic rings. The van der Waals surface area contributed by atoms with Crippen LogP contribution < -0.4 is 5.32 Å². The van der Waals surface area contributed by atoms with Crippen molar-refractivity contribution in [3.8, 4) is 0 Å². The van der Waals surface area contributed by atoms with Crippen molar-refractivity contribution in [3.05, 3.63) is 22.3 Å². The van der Waals surface area contributed by atoms with Crippen molar-refractivity contribution in [2.24, 2.45) is 0 Å². The van der Waals surface area contributed by atoms with Crippen molar-refractivity contribution in [2.75, 3.05) is 5.32 Å². The molecular weight excluding hydrogens is 228 g/mol. The standard InChI is InChI=1S/C10H15BrN2/c1-7-6-12-9(5-8(7)11)13-10(2,3)4/h5-6H,1-4H3,(H,12,13). The van der Waals surface area contributed by atoms with E-state index >= 15 is 0 Å². The van der Waals surface area contributed by atoms with Crippen LogP contribution in [-0.4, -0.2) is 10.5 Å². The van der Waals surface area contributed by atoms with E-state index in [2.05, 4.69) is 47.0 Å². The number of halogens is 1. The predicted octanol–water partition coefficient (Wildman–Crippen LogP) is 3.36. The third-order valence-electron chi connectivity index (χ3n) is 1.54. The number of hydrogen-bond donors (Lipinski definition) is 1. The van der Waals surface area contributed by atoms with Gasteiger partial charge in [0.15, 0.2) is 0 Å². The topological polar surface area (TPSA) is 24.9 Å². The molecule has 0 amide bonds. The molecule has 0 fully saturated rings. The van der Waals surface area contributed by atoms with E-state index in [-0.39, 0.29) is 5.54 Å². The van der Waals surface area contributed by atoms with Crippen molar-refractivity contribution >= 4 is 21.7 Å². The molecule has 0 saturated heterocycles. The second kappa shape index (κ2) is 3.66. The lowest BCUT2D eigenvalue weighted by Crippen LogP contribution is -2.26. The molecule has 0 aliphatic carbocycles. The lowest BCUT2D eigenvalue weighted by molar-refractivity contribution is 0.630. The second-order valence-corrected chi connectivity index (χ2v) is 5.05. The summed E-state index contributed by atoms with van der Waals surface area (Å²) in [5.74, 6) is 0.907. The highest BCUT2D eigenvalue weighted by Gasteiger charge is 2.10. The zero-order valence-corrected chi connectivity index (χ0v) is 10.1. The van der Waals surface area contributed by atoms with Crippen LogP contribution in [0.25, 0.3) is 0 Å². The van der Waals surface area contributed by atoms with Gasteiger partial charge in [0.25, 0.3) is 0 Å². The highest BCUT2D eigenvalue weighted by molar-refractivity contribution is 9.10. The minimum absolute atomic E-state index is 0.0572. The Hall–Kier alpha value is -0.570. The number of nitrogens with zero attached hydrogens (tertiary/aromatic N) is 1. The molecule has 0 bridgehead atoms. The van der Waals surface area contributed by atoms with Gasteiger partial charge in [0.2, 0.25) is 0 Å². The highest BCUT2D eigenvalue weighted by atomic mass is 79.9. The fourth-order valence-electron chi connectivity index (χ4n) is 0.952. The van der Waals surface area contributed by atoms with E-state index in [0.717, 1.165) is 15.9 Å². The lowest BCUT2D eigenvalue weighted by Gasteiger charge is -2.21. The predicted molar refractivity (Wildman–Crippen MR) is 60.0 cm³/mol. The Morgan fingerprint density at radius 3 is 2.46 bits per heavy atom. The molecule has 1 N–H and O–H groups in total. The van der Waals surface area contributed by atoms with Crippen molar-refractivity contribution in [1.82, 2.24) is 4.98 Å². The van der Waals surface area contributed by atoms with Crippen LogP contribution in [0.5, 0.6) is 0 Å². The molecule has 0 aliphatic heterocycles. The number of aromatic nitrogens is 1. The Morgan fingerprint density at radius 2 is 2.00 bits per heavy atom. The molecule has 0 spiro atoms. The van der Waals surface area contributed by atoms with Crippen molar-refractivity contribution in [2.45, 2.75) is 33.2 Å². The molecule has 1 rings (SSSR count). The number of aryl methyl sites for hydroxylation is 1. The minimum atomic E-state index is 0.0572. The summed E-state index contributed by atoms with van der Waals surface area (Å²) >= 11 is 3.47. The lowest BCUT2D eigenvalue weighted by atomic mass is 10.1. The van der Waals surface area contributed by atoms with E-state index in [1.54, 1.807) is 0 Å². The largest absolute Gasteiger partial charge is 0.365 e. The summed E-state index contributed by atoms with van der Waals surface area (Å²) in [6, 6.07) is 2.00. The molecule has 0 atom stereocenters. The summed E-state index contributed by atoms with van der Waals surface area (Å²) in [6.45, 7) is 8.37. The normalized spacial score (nSPS) is 11.5. The van der Waals surface area contributed by atoms with Gasteiger partial charge < -0.3 is 5.32 Å². The molecule has 72 valence electrons. The van der Waals surface area contributed by atoms with Gasteiger partial charge in [-0.1, -0.05) is 15.9 Å². The molecule has 13 heavy (non-hydrogen) atoms. The average Bonchev–Trinajstić information content (AvgIpc) is 1.94. The average molecular weight is 243 g/mol. The van der Waals surface area contributed by atoms with Gasteiger partial charge in [0.1, 0.15) is 5.82 Å². The van der Waals surface area contributed by atoms with E-state index in [1.165, 1.54) is 0 Å². The molecule has 0 aromatic carbocycles. The van der Waals surface area contributed by atoms with Crippen LogP contribution in [0.3, 0.4) is 0 Å². The zero-order chi connectivity index (χ0) is 10.1. The van der Waals surface area contributed by atoms with Gasteiger partial charge in [0.05, 0.1) is 0 Å². The Kier molecular flexibility index (Phi) is 2.96. The first-order valence-electron chi connectivity index (χ1n) is 4.29. The number of rotatable bonds is 1. The summed E-state index contributed by atoms with van der Waals surface area (Å²) < 4.78 is 1.09. The number of hydrogen-bond acceptors (Lipinski definition) is 2. The van der Waals surface area contributed by atoms with Crippen LogP contribution in [0.2, 0.25) is 0 Å². The van der Waals surface area contributed by atoms with Crippen LogP contribution in [-0.2, 0) is 0 Å². The minimum Gasteiger partial charge on any atom is -0.365 e. The smallest absolute Gasteiger partial charge is 0.127 e. The molecule has 1 aromatic heterocycles. The van der Waals surface area contributed by atoms with Gasteiger partial charge in [-0.3, -0.25) is 0 Å². The molecule has 3 heteroatoms. The fraction of sp³-hybridized carbons (Fsp3) is 0.500. The first kappa shape index (κ1) is 10.5. The molecule has 0 saturated carbocycles. The van der Waals surface area contributed by atoms with Crippen LogP contribution >= 0.6 is 15.9 Å². The van der Waals surface area contributed by atoms with E-state index < -0.39 is 0 Å². The molecule has 1 heterocycles. The van der Waals surface area contributed by atoms with Gasteiger partial charge in [-0.15, -0.1) is 0 Å². The maximum Gasteiger partial charge on any atom is 0.127 e. The zero-order valence-electron chi connectivity index (χ0n) is 8.48. The van der Waals surface area contributed by atoms with E-state index in [9.17, 15) is 0 Å². The van der Waals surface area contributed by atoms with Gasteiger partial charge in [-0.2, -0.15) is 0 Å². The van der Waals surface area contributed by atoms with Crippen molar-refractivity contribution < 1.29 is 0 Å². The summed E-state index contributed by atoms with van der Waals surface area (Å²) in [4.78, 5) is 4.28. The van der Waals surface area contributed by atoms with Crippen molar-refractivity contribution in [3.63, 3.8) is 0 Å². The van der Waals surface area contributed by atoms with Crippen molar-refractivity contribution in [1.29, 1.82) is 0 Å². The second-order valence-electron chi connectivity index (χ2n) is 4.19. The molecule has 0 radical (unpaired) electrons. The van der Waals surface area contributed by atoms with E-state index in [1.807, 2.05) is 19.2 Å². The highest BCUT2D eigenvalue weighted by Crippen LogP contribution is 2.20. The summed E-state index contributed by atoms with van der Waals surface area (Å²) in [6.07, 6.45) is 1.86. The number of anilines is 1. The van der Waals surface area contributed by atoms with Gasteiger partial charge in [-0.25, -0.2) is 4.98 Å². The first-order valence-corrected chi connectivity index (χ1v) is 5.08. The summed E-state index contributed by atoms with van der Waals surface area (Å²) in [7, 11) is 0. The Morgan fingerprint density at radius 1 is 1.38 bits per heavy atom. The molecule has 2 nitrogen and oxygen atoms in total. The Balaban J connectivity index is 2.86. The Bertz CT molecular complexity index is 302. The quantitative estimate of drug-likeness (QED) is 0.817. The third-order valence-corrected chi connectivity index (χ3v) is 2.39. The van der Waals surface area contributed by atoms with Crippen LogP contribution in [0.1, 0.15) is 26.3 Å². The third kappa shape index (κ3) is 3.35. The van der Waals surface area contributed by atoms with Gasteiger partial charge in [-0.05, 0) is 39.3 Å². The van der Waals surface area contributed by atoms with Gasteiger partial charge in [0, 0.05) is 16.2 Å². The van der Waals surface area contributed by atoms with Gasteiger partial charge >= 0.3 is 0 Å². The molecular formula is C10H15BrN2. The molecule has 1 aromatic rings. The first-order chi connectivity index (χ1) is 5.88. The van der Waals surface area contributed by atoms with Crippen LogP contribution in [0.15, 0.2) is 16.7 Å². The van der Waals surface area contributed by atoms with Crippen LogP contribution in [0, 0.1) is 6.92 Å². The van der Waals surface area contributed by atoms with Crippen LogP contribution in [0.4, 0.5) is 5.82 Å². The monoisotopic (exact) mass is 242 g/mol. The van der Waals surface area contributed by atoms with E-state index in [4.69, 9.17) is 0 Å². The number of pyridine rings is 1. The molecule has 0 unspecified atom stereocenters. The SMILES string of the molecule is Cc1cnc(NC(C)(C)C)cc1Br. The fourth-order valence-corrected chi connectivity index (χ4v) is 1.27. The maximum atomic E-state index is 4.28. The maximum absolute atomic E-state index is 4.28. The summed E-state index contributed by atoms with van der Waals surface area (Å²) in [5.41, 5.74) is 1.21. The number of nitrogens with one attached hydrogen (secondary N) is 1. The van der Waals surface area contributed by atoms with E-state index in [0.29, 0.717) is 0 Å². The Labute approximate surface area is 87.9 Å².